The summed E-state index contributed by atoms with van der Waals surface area (Å²) < 4.78 is 0.724. The van der Waals surface area contributed by atoms with Crippen molar-refractivity contribution in [3.63, 3.8) is 0 Å². The second-order valence-corrected chi connectivity index (χ2v) is 7.48. The van der Waals surface area contributed by atoms with E-state index in [4.69, 9.17) is 11.6 Å². The van der Waals surface area contributed by atoms with Gasteiger partial charge in [0.25, 0.3) is 0 Å². The van der Waals surface area contributed by atoms with E-state index >= 15 is 0 Å². The number of hydrogen-bond donors (Lipinski definition) is 0. The number of aromatic nitrogens is 4. The number of amides is 1. The molecule has 1 amide bonds. The quantitative estimate of drug-likeness (QED) is 0.671. The van der Waals surface area contributed by atoms with Crippen molar-refractivity contribution in [1.29, 1.82) is 0 Å². The Morgan fingerprint density at radius 2 is 2.26 bits per heavy atom. The van der Waals surface area contributed by atoms with Crippen molar-refractivity contribution >= 4 is 40.2 Å². The molecular weight excluding hydrogens is 354 g/mol. The van der Waals surface area contributed by atoms with E-state index < -0.39 is 0 Å². The van der Waals surface area contributed by atoms with E-state index in [1.54, 1.807) is 4.90 Å². The lowest BCUT2D eigenvalue weighted by Crippen LogP contribution is -2.33. The van der Waals surface area contributed by atoms with Crippen molar-refractivity contribution in [2.24, 2.45) is 0 Å². The summed E-state index contributed by atoms with van der Waals surface area (Å²) in [5.74, 6) is 0.494. The molecule has 120 valence electrons. The van der Waals surface area contributed by atoms with Crippen molar-refractivity contribution in [3.05, 3.63) is 38.9 Å². The van der Waals surface area contributed by atoms with E-state index in [-0.39, 0.29) is 12.5 Å². The fourth-order valence-electron chi connectivity index (χ4n) is 2.04. The number of nitrogens with zero attached hydrogens (tertiary/aromatic N) is 5. The van der Waals surface area contributed by atoms with Crippen LogP contribution in [0.3, 0.4) is 0 Å². The molecule has 0 atom stereocenters. The van der Waals surface area contributed by atoms with Gasteiger partial charge in [0.15, 0.2) is 0 Å². The average molecular weight is 368 g/mol. The molecule has 3 rings (SSSR count). The monoisotopic (exact) mass is 367 g/mol. The smallest absolute Gasteiger partial charge is 0.246 e. The van der Waals surface area contributed by atoms with Gasteiger partial charge in [0.05, 0.1) is 15.8 Å². The number of likely N-dealkylation sites (N-methyl/N-ethyl adjacent to an activating group) is 1. The molecule has 0 radical (unpaired) electrons. The summed E-state index contributed by atoms with van der Waals surface area (Å²) in [6, 6.07) is 7.63. The van der Waals surface area contributed by atoms with Crippen LogP contribution >= 0.6 is 34.3 Å². The van der Waals surface area contributed by atoms with Gasteiger partial charge in [0, 0.05) is 11.4 Å². The van der Waals surface area contributed by atoms with Crippen LogP contribution in [0.25, 0.3) is 10.7 Å². The fraction of sp³-hybridized carbons (Fsp3) is 0.286. The summed E-state index contributed by atoms with van der Waals surface area (Å²) >= 11 is 8.95. The van der Waals surface area contributed by atoms with E-state index in [1.807, 2.05) is 36.6 Å². The van der Waals surface area contributed by atoms with E-state index in [1.165, 1.54) is 27.5 Å². The zero-order valence-electron chi connectivity index (χ0n) is 12.3. The Morgan fingerprint density at radius 3 is 2.91 bits per heavy atom. The van der Waals surface area contributed by atoms with Gasteiger partial charge in [-0.25, -0.2) is 0 Å². The summed E-state index contributed by atoms with van der Waals surface area (Å²) in [6.45, 7) is 3.17. The highest BCUT2D eigenvalue weighted by atomic mass is 35.5. The maximum atomic E-state index is 12.4. The van der Waals surface area contributed by atoms with Crippen LogP contribution in [0.2, 0.25) is 4.34 Å². The predicted octanol–water partition coefficient (Wildman–Crippen LogP) is 3.17. The number of hydrogen-bond acceptors (Lipinski definition) is 6. The SMILES string of the molecule is CCN(Cc1ccc(Cl)s1)C(=O)Cn1nnc(-c2cccs2)n1. The van der Waals surface area contributed by atoms with Crippen molar-refractivity contribution in [2.75, 3.05) is 6.54 Å². The highest BCUT2D eigenvalue weighted by Crippen LogP contribution is 2.23. The van der Waals surface area contributed by atoms with Crippen LogP contribution in [0.1, 0.15) is 11.8 Å². The number of rotatable bonds is 6. The zero-order valence-corrected chi connectivity index (χ0v) is 14.7. The average Bonchev–Trinajstić information content (AvgIpc) is 3.25. The molecule has 0 aliphatic rings. The molecule has 0 saturated heterocycles. The largest absolute Gasteiger partial charge is 0.336 e. The topological polar surface area (TPSA) is 63.9 Å². The standard InChI is InChI=1S/C14H14ClN5OS2/c1-2-19(8-10-5-6-12(15)23-10)13(21)9-20-17-14(16-18-20)11-4-3-7-22-11/h3-7H,2,8-9H2,1H3. The normalized spacial score (nSPS) is 10.9. The minimum atomic E-state index is -0.0489. The van der Waals surface area contributed by atoms with Crippen molar-refractivity contribution < 1.29 is 4.79 Å². The third kappa shape index (κ3) is 3.95. The molecule has 9 heteroatoms. The van der Waals surface area contributed by atoms with Gasteiger partial charge < -0.3 is 4.90 Å². The first kappa shape index (κ1) is 16.1. The number of halogens is 1. The minimum Gasteiger partial charge on any atom is -0.336 e. The number of carbonyl (C=O) groups is 1. The lowest BCUT2D eigenvalue weighted by atomic mass is 10.4. The lowest BCUT2D eigenvalue weighted by molar-refractivity contribution is -0.132. The van der Waals surface area contributed by atoms with Gasteiger partial charge in [-0.3, -0.25) is 4.79 Å². The van der Waals surface area contributed by atoms with Gasteiger partial charge in [0.2, 0.25) is 11.7 Å². The Labute approximate surface area is 146 Å². The first-order valence-corrected chi connectivity index (χ1v) is 9.07. The number of thiophene rings is 2. The maximum absolute atomic E-state index is 12.4. The Bertz CT molecular complexity index is 783. The molecule has 3 aromatic heterocycles. The third-order valence-corrected chi connectivity index (χ3v) is 5.26. The first-order chi connectivity index (χ1) is 11.2. The second-order valence-electron chi connectivity index (χ2n) is 4.73. The fourth-order valence-corrected chi connectivity index (χ4v) is 3.79. The van der Waals surface area contributed by atoms with Crippen molar-refractivity contribution in [1.82, 2.24) is 25.1 Å². The summed E-state index contributed by atoms with van der Waals surface area (Å²) in [5, 5.41) is 14.2. The highest BCUT2D eigenvalue weighted by molar-refractivity contribution is 7.16. The first-order valence-electron chi connectivity index (χ1n) is 6.99. The molecule has 0 fully saturated rings. The zero-order chi connectivity index (χ0) is 16.2. The molecule has 0 spiro atoms. The van der Waals surface area contributed by atoms with Gasteiger partial charge in [0.1, 0.15) is 6.54 Å². The molecule has 6 nitrogen and oxygen atoms in total. The molecule has 3 aromatic rings. The molecule has 0 saturated carbocycles. The molecule has 0 aliphatic heterocycles. The lowest BCUT2D eigenvalue weighted by Gasteiger charge is -2.19. The Morgan fingerprint density at radius 1 is 1.39 bits per heavy atom. The Balaban J connectivity index is 1.65. The van der Waals surface area contributed by atoms with Crippen LogP contribution in [0.15, 0.2) is 29.6 Å². The van der Waals surface area contributed by atoms with Gasteiger partial charge in [-0.1, -0.05) is 17.7 Å². The highest BCUT2D eigenvalue weighted by Gasteiger charge is 2.16. The summed E-state index contributed by atoms with van der Waals surface area (Å²) in [7, 11) is 0. The molecule has 23 heavy (non-hydrogen) atoms. The Hall–Kier alpha value is -1.77. The molecular formula is C14H14ClN5OS2. The van der Waals surface area contributed by atoms with Crippen LogP contribution in [0.4, 0.5) is 0 Å². The van der Waals surface area contributed by atoms with Gasteiger partial charge in [-0.05, 0) is 35.7 Å². The third-order valence-electron chi connectivity index (χ3n) is 3.18. The number of carbonyl (C=O) groups excluding carboxylic acids is 1. The molecule has 0 aliphatic carbocycles. The number of tetrazole rings is 1. The summed E-state index contributed by atoms with van der Waals surface area (Å²) in [4.78, 5) is 17.5. The molecule has 3 heterocycles. The summed E-state index contributed by atoms with van der Waals surface area (Å²) in [5.41, 5.74) is 0. The van der Waals surface area contributed by atoms with Crippen LogP contribution in [-0.2, 0) is 17.9 Å². The van der Waals surface area contributed by atoms with E-state index in [9.17, 15) is 4.79 Å². The van der Waals surface area contributed by atoms with Gasteiger partial charge >= 0.3 is 0 Å². The summed E-state index contributed by atoms with van der Waals surface area (Å²) in [6.07, 6.45) is 0. The van der Waals surface area contributed by atoms with Crippen molar-refractivity contribution in [3.8, 4) is 10.7 Å². The van der Waals surface area contributed by atoms with E-state index in [0.717, 1.165) is 14.1 Å². The van der Waals surface area contributed by atoms with Crippen LogP contribution in [0.5, 0.6) is 0 Å². The van der Waals surface area contributed by atoms with Gasteiger partial charge in [-0.2, -0.15) is 4.80 Å². The minimum absolute atomic E-state index is 0.0489. The second kappa shape index (κ2) is 7.20. The van der Waals surface area contributed by atoms with E-state index in [0.29, 0.717) is 18.9 Å². The van der Waals surface area contributed by atoms with Crippen LogP contribution < -0.4 is 0 Å². The Kier molecular flexibility index (Phi) is 5.04. The molecule has 0 unspecified atom stereocenters. The van der Waals surface area contributed by atoms with E-state index in [2.05, 4.69) is 15.4 Å². The molecule has 0 bridgehead atoms. The predicted molar refractivity (Wildman–Crippen MR) is 91.6 cm³/mol. The van der Waals surface area contributed by atoms with Crippen molar-refractivity contribution in [2.45, 2.75) is 20.0 Å². The van der Waals surface area contributed by atoms with Gasteiger partial charge in [-0.15, -0.1) is 32.9 Å². The van der Waals surface area contributed by atoms with Crippen LogP contribution in [-0.4, -0.2) is 37.6 Å². The maximum Gasteiger partial charge on any atom is 0.246 e. The molecule has 0 N–H and O–H groups in total. The van der Waals surface area contributed by atoms with Crippen LogP contribution in [0, 0.1) is 0 Å². The molecule has 0 aromatic carbocycles.